The minimum absolute atomic E-state index is 0.0594. The van der Waals surface area contributed by atoms with Crippen LogP contribution in [0.15, 0.2) is 81.9 Å². The fourth-order valence-electron chi connectivity index (χ4n) is 2.99. The van der Waals surface area contributed by atoms with Crippen molar-refractivity contribution in [3.63, 3.8) is 0 Å². The van der Waals surface area contributed by atoms with E-state index >= 15 is 0 Å². The highest BCUT2D eigenvalue weighted by atomic mass is 32.2. The van der Waals surface area contributed by atoms with Gasteiger partial charge in [-0.2, -0.15) is 8.42 Å². The highest BCUT2D eigenvalue weighted by molar-refractivity contribution is 7.85. The number of hydrogen-bond donors (Lipinski definition) is 3. The van der Waals surface area contributed by atoms with Crippen LogP contribution in [0.5, 0.6) is 11.5 Å². The highest BCUT2D eigenvalue weighted by Gasteiger charge is 2.13. The second kappa shape index (κ2) is 6.59. The molecule has 0 aromatic heterocycles. The van der Waals surface area contributed by atoms with E-state index in [2.05, 4.69) is 10.2 Å². The van der Waals surface area contributed by atoms with Crippen molar-refractivity contribution in [1.29, 1.82) is 0 Å². The van der Waals surface area contributed by atoms with E-state index in [1.54, 1.807) is 12.1 Å². The predicted octanol–water partition coefficient (Wildman–Crippen LogP) is 5.07. The van der Waals surface area contributed by atoms with E-state index in [1.165, 1.54) is 36.4 Å². The molecule has 140 valence electrons. The van der Waals surface area contributed by atoms with Gasteiger partial charge in [-0.15, -0.1) is 10.2 Å². The Kier molecular flexibility index (Phi) is 4.21. The second-order valence-electron chi connectivity index (χ2n) is 6.15. The summed E-state index contributed by atoms with van der Waals surface area (Å²) in [6.45, 7) is 0. The number of benzene rings is 4. The van der Waals surface area contributed by atoms with Crippen LogP contribution in [-0.2, 0) is 10.1 Å². The first-order chi connectivity index (χ1) is 13.3. The number of aromatic hydroxyl groups is 2. The maximum absolute atomic E-state index is 11.3. The van der Waals surface area contributed by atoms with E-state index < -0.39 is 10.1 Å². The zero-order valence-electron chi connectivity index (χ0n) is 14.3. The molecule has 0 spiro atoms. The summed E-state index contributed by atoms with van der Waals surface area (Å²) in [6, 6.07) is 17.4. The van der Waals surface area contributed by atoms with Crippen LogP contribution >= 0.6 is 0 Å². The van der Waals surface area contributed by atoms with Crippen LogP contribution in [0.1, 0.15) is 0 Å². The Morgan fingerprint density at radius 2 is 1.25 bits per heavy atom. The monoisotopic (exact) mass is 394 g/mol. The van der Waals surface area contributed by atoms with Gasteiger partial charge in [0.1, 0.15) is 22.9 Å². The van der Waals surface area contributed by atoms with Crippen molar-refractivity contribution in [2.45, 2.75) is 4.90 Å². The van der Waals surface area contributed by atoms with Gasteiger partial charge in [0, 0.05) is 10.8 Å². The molecule has 0 saturated heterocycles. The Morgan fingerprint density at radius 3 is 1.89 bits per heavy atom. The van der Waals surface area contributed by atoms with Gasteiger partial charge in [-0.3, -0.25) is 4.55 Å². The molecule has 0 aliphatic carbocycles. The van der Waals surface area contributed by atoms with Crippen molar-refractivity contribution in [2.75, 3.05) is 0 Å². The molecule has 4 aromatic rings. The van der Waals surface area contributed by atoms with Gasteiger partial charge < -0.3 is 10.2 Å². The molecular weight excluding hydrogens is 380 g/mol. The summed E-state index contributed by atoms with van der Waals surface area (Å²) in [6.07, 6.45) is 0. The molecule has 0 bridgehead atoms. The fourth-order valence-corrected chi connectivity index (χ4v) is 3.51. The number of hydrogen-bond acceptors (Lipinski definition) is 6. The van der Waals surface area contributed by atoms with Crippen LogP contribution < -0.4 is 0 Å². The van der Waals surface area contributed by atoms with Gasteiger partial charge >= 0.3 is 0 Å². The van der Waals surface area contributed by atoms with Gasteiger partial charge in [0.25, 0.3) is 10.1 Å². The molecule has 0 unspecified atom stereocenters. The summed E-state index contributed by atoms with van der Waals surface area (Å²) in [5, 5.41) is 31.1. The fraction of sp³-hybridized carbons (Fsp3) is 0. The molecule has 0 saturated carbocycles. The van der Waals surface area contributed by atoms with Gasteiger partial charge in [0.2, 0.25) is 0 Å². The van der Waals surface area contributed by atoms with E-state index in [9.17, 15) is 23.2 Å². The number of fused-ring (bicyclic) bond motifs is 2. The van der Waals surface area contributed by atoms with Crippen molar-refractivity contribution in [2.24, 2.45) is 10.2 Å². The van der Waals surface area contributed by atoms with Gasteiger partial charge in [-0.25, -0.2) is 0 Å². The highest BCUT2D eigenvalue weighted by Crippen LogP contribution is 2.40. The first kappa shape index (κ1) is 17.9. The maximum atomic E-state index is 11.3. The Hall–Kier alpha value is -3.49. The molecule has 0 atom stereocenters. The van der Waals surface area contributed by atoms with Crippen molar-refractivity contribution in [3.05, 3.63) is 66.7 Å². The second-order valence-corrected chi connectivity index (χ2v) is 7.57. The van der Waals surface area contributed by atoms with Crippen LogP contribution in [0.2, 0.25) is 0 Å². The lowest BCUT2D eigenvalue weighted by Gasteiger charge is -2.07. The Balaban J connectivity index is 1.89. The zero-order valence-corrected chi connectivity index (χ0v) is 15.1. The summed E-state index contributed by atoms with van der Waals surface area (Å²) < 4.78 is 31.9. The summed E-state index contributed by atoms with van der Waals surface area (Å²) in [5.41, 5.74) is 0.371. The predicted molar refractivity (Wildman–Crippen MR) is 105 cm³/mol. The third-order valence-corrected chi connectivity index (χ3v) is 5.22. The molecule has 8 heteroatoms. The molecule has 28 heavy (non-hydrogen) atoms. The summed E-state index contributed by atoms with van der Waals surface area (Å²) in [7, 11) is -4.35. The van der Waals surface area contributed by atoms with Crippen LogP contribution in [0, 0.1) is 0 Å². The molecule has 0 radical (unpaired) electrons. The number of azo groups is 1. The van der Waals surface area contributed by atoms with Crippen LogP contribution in [0.4, 0.5) is 11.4 Å². The largest absolute Gasteiger partial charge is 0.506 e. The first-order valence-electron chi connectivity index (χ1n) is 8.20. The SMILES string of the molecule is O=S(=O)(O)c1ccc2c(N=Nc3c(O)ccc4ccccc34)c(O)ccc2c1. The number of nitrogens with zero attached hydrogens (tertiary/aromatic N) is 2. The normalized spacial score (nSPS) is 12.2. The molecule has 4 aromatic carbocycles. The quantitative estimate of drug-likeness (QED) is 0.331. The Labute approximate surface area is 160 Å². The van der Waals surface area contributed by atoms with E-state index in [0.717, 1.165) is 5.39 Å². The third-order valence-electron chi connectivity index (χ3n) is 4.37. The van der Waals surface area contributed by atoms with Gasteiger partial charge in [0.05, 0.1) is 4.90 Å². The average Bonchev–Trinajstić information content (AvgIpc) is 2.67. The molecule has 0 aliphatic heterocycles. The molecule has 0 heterocycles. The topological polar surface area (TPSA) is 120 Å². The van der Waals surface area contributed by atoms with Crippen molar-refractivity contribution < 1.29 is 23.2 Å². The molecule has 0 fully saturated rings. The molecule has 3 N–H and O–H groups in total. The van der Waals surface area contributed by atoms with Gasteiger partial charge in [-0.05, 0) is 35.0 Å². The lowest BCUT2D eigenvalue weighted by atomic mass is 10.1. The Morgan fingerprint density at radius 1 is 0.679 bits per heavy atom. The van der Waals surface area contributed by atoms with E-state index in [1.807, 2.05) is 18.2 Å². The van der Waals surface area contributed by atoms with Crippen LogP contribution in [0.3, 0.4) is 0 Å². The molecule has 4 rings (SSSR count). The summed E-state index contributed by atoms with van der Waals surface area (Å²) in [4.78, 5) is -0.264. The third kappa shape index (κ3) is 3.15. The number of rotatable bonds is 3. The van der Waals surface area contributed by atoms with E-state index in [0.29, 0.717) is 16.2 Å². The van der Waals surface area contributed by atoms with Crippen LogP contribution in [-0.4, -0.2) is 23.2 Å². The lowest BCUT2D eigenvalue weighted by Crippen LogP contribution is -1.97. The standard InChI is InChI=1S/C20H14N2O5S/c23-17-9-5-12-3-1-2-4-15(12)19(17)21-22-20-16-8-7-14(28(25,26)27)11-13(16)6-10-18(20)24/h1-11,23-24H,(H,25,26,27). The first-order valence-corrected chi connectivity index (χ1v) is 9.64. The van der Waals surface area contributed by atoms with Crippen molar-refractivity contribution >= 4 is 43.0 Å². The van der Waals surface area contributed by atoms with E-state index in [-0.39, 0.29) is 27.8 Å². The van der Waals surface area contributed by atoms with Crippen molar-refractivity contribution in [1.82, 2.24) is 0 Å². The van der Waals surface area contributed by atoms with E-state index in [4.69, 9.17) is 0 Å². The molecule has 0 amide bonds. The minimum atomic E-state index is -4.35. The Bertz CT molecular complexity index is 1360. The molecular formula is C20H14N2O5S. The molecule has 0 aliphatic rings. The minimum Gasteiger partial charge on any atom is -0.506 e. The van der Waals surface area contributed by atoms with Crippen LogP contribution in [0.25, 0.3) is 21.5 Å². The van der Waals surface area contributed by atoms with Gasteiger partial charge in [-0.1, -0.05) is 42.5 Å². The average molecular weight is 394 g/mol. The number of phenolic OH excluding ortho intramolecular Hbond substituents is 2. The zero-order chi connectivity index (χ0) is 19.9. The van der Waals surface area contributed by atoms with Crippen molar-refractivity contribution in [3.8, 4) is 11.5 Å². The molecule has 7 nitrogen and oxygen atoms in total. The maximum Gasteiger partial charge on any atom is 0.294 e. The smallest absolute Gasteiger partial charge is 0.294 e. The van der Waals surface area contributed by atoms with Gasteiger partial charge in [0.15, 0.2) is 0 Å². The lowest BCUT2D eigenvalue weighted by molar-refractivity contribution is 0.474. The number of phenols is 2. The summed E-state index contributed by atoms with van der Waals surface area (Å²) in [5.74, 6) is -0.216. The summed E-state index contributed by atoms with van der Waals surface area (Å²) >= 11 is 0.